The van der Waals surface area contributed by atoms with Crippen LogP contribution in [0.2, 0.25) is 0 Å². The Hall–Kier alpha value is -10.2. The van der Waals surface area contributed by atoms with Crippen LogP contribution in [-0.4, -0.2) is 184 Å². The first-order chi connectivity index (χ1) is 48.6. The number of benzene rings is 3. The molecule has 0 aliphatic heterocycles. The molecule has 1 aromatic heterocycles. The number of primary amides is 1. The molecule has 0 aliphatic rings. The van der Waals surface area contributed by atoms with Crippen LogP contribution in [0.15, 0.2) is 90.1 Å². The summed E-state index contributed by atoms with van der Waals surface area (Å²) >= 11 is 0. The van der Waals surface area contributed by atoms with Gasteiger partial charge in [0.2, 0.25) is 70.9 Å². The highest BCUT2D eigenvalue weighted by Gasteiger charge is 2.36. The van der Waals surface area contributed by atoms with Gasteiger partial charge in [0.1, 0.15) is 72.2 Å². The number of hydrogen-bond donors (Lipinski definition) is 19. The van der Waals surface area contributed by atoms with Crippen molar-refractivity contribution in [2.45, 2.75) is 206 Å². The van der Waals surface area contributed by atoms with Crippen LogP contribution < -0.4 is 87.2 Å². The van der Waals surface area contributed by atoms with E-state index < -0.39 is 150 Å². The summed E-state index contributed by atoms with van der Waals surface area (Å²) in [6.45, 7) is 14.5. The number of guanidine groups is 1. The van der Waals surface area contributed by atoms with Crippen LogP contribution in [0.25, 0.3) is 10.9 Å². The van der Waals surface area contributed by atoms with E-state index in [9.17, 15) is 67.7 Å². The zero-order chi connectivity index (χ0) is 76.6. The number of hydrogen-bond acceptors (Lipinski definition) is 17. The summed E-state index contributed by atoms with van der Waals surface area (Å²) < 4.78 is 0. The van der Waals surface area contributed by atoms with E-state index in [1.807, 2.05) is 52.0 Å². The first-order valence-electron chi connectivity index (χ1n) is 34.8. The molecule has 0 unspecified atom stereocenters. The SMILES string of the molecule is CC(C)C[C@H](NC(=O)[C@H](CCCCN)NC(=O)[C@H](CC(C)C)NC(=O)[C@H](CC(C)C)NC(=O)[C@H](Cc1ccccc1)NC(=O)[C@H](Cc1ccc(O)cc1)NC(=O)[C@H](C)NC(=O)[C@@H](N)[C@@H](C)O)C(=O)N[C@@H](C)C(=O)NCC(=O)N[C@@H](CCCN=C(N)N)C(=O)N[C@@H](Cc1c[nH]c2ccccc12)C(N)=O. The lowest BCUT2D eigenvalue weighted by molar-refractivity contribution is -0.136. The van der Waals surface area contributed by atoms with Crippen molar-refractivity contribution in [1.82, 2.24) is 63.5 Å². The predicted molar refractivity (Wildman–Crippen MR) is 388 cm³/mol. The molecule has 24 N–H and O–H groups in total. The van der Waals surface area contributed by atoms with Crippen LogP contribution >= 0.6 is 0 Å². The number of aromatic amines is 1. The van der Waals surface area contributed by atoms with Crippen molar-refractivity contribution < 1.29 is 67.7 Å². The molecule has 32 nitrogen and oxygen atoms in total. The quantitative estimate of drug-likeness (QED) is 0.0135. The first-order valence-corrected chi connectivity index (χ1v) is 34.8. The highest BCUT2D eigenvalue weighted by Crippen LogP contribution is 2.20. The fourth-order valence-electron chi connectivity index (χ4n) is 11.0. The van der Waals surface area contributed by atoms with Crippen LogP contribution in [-0.2, 0) is 76.8 Å². The third-order valence-corrected chi connectivity index (χ3v) is 16.6. The Morgan fingerprint density at radius 1 is 0.456 bits per heavy atom. The number of aromatic hydroxyl groups is 1. The summed E-state index contributed by atoms with van der Waals surface area (Å²) in [6.07, 6.45) is 1.42. The second-order valence-electron chi connectivity index (χ2n) is 27.1. The van der Waals surface area contributed by atoms with Gasteiger partial charge in [-0.2, -0.15) is 0 Å². The van der Waals surface area contributed by atoms with Crippen molar-refractivity contribution in [1.29, 1.82) is 0 Å². The summed E-state index contributed by atoms with van der Waals surface area (Å²) in [6, 6.07) is 7.53. The second kappa shape index (κ2) is 42.9. The van der Waals surface area contributed by atoms with Crippen LogP contribution in [0.4, 0.5) is 0 Å². The maximum absolute atomic E-state index is 14.7. The number of aliphatic imine (C=N–C) groups is 1. The van der Waals surface area contributed by atoms with Gasteiger partial charge in [-0.15, -0.1) is 0 Å². The summed E-state index contributed by atoms with van der Waals surface area (Å²) in [5, 5.41) is 49.8. The molecule has 12 atom stereocenters. The Morgan fingerprint density at radius 2 is 0.883 bits per heavy atom. The minimum absolute atomic E-state index is 0.00247. The molecule has 103 heavy (non-hydrogen) atoms. The molecule has 0 saturated heterocycles. The number of phenolic OH excluding ortho intramolecular Hbond substituents is 1. The van der Waals surface area contributed by atoms with Crippen molar-refractivity contribution in [2.75, 3.05) is 19.6 Å². The topological polar surface area (TPSA) is 536 Å². The van der Waals surface area contributed by atoms with E-state index in [0.29, 0.717) is 29.5 Å². The van der Waals surface area contributed by atoms with E-state index in [-0.39, 0.29) is 100 Å². The van der Waals surface area contributed by atoms with Gasteiger partial charge in [-0.3, -0.25) is 62.5 Å². The number of nitrogens with one attached hydrogen (secondary N) is 12. The molecular formula is C71H108N18O14. The molecule has 4 rings (SSSR count). The van der Waals surface area contributed by atoms with Gasteiger partial charge >= 0.3 is 0 Å². The molecule has 3 aromatic carbocycles. The lowest BCUT2D eigenvalue weighted by Gasteiger charge is -2.29. The molecule has 0 spiro atoms. The largest absolute Gasteiger partial charge is 0.508 e. The molecule has 1 heterocycles. The van der Waals surface area contributed by atoms with E-state index in [4.69, 9.17) is 28.7 Å². The third-order valence-electron chi connectivity index (χ3n) is 16.6. The van der Waals surface area contributed by atoms with E-state index >= 15 is 0 Å². The van der Waals surface area contributed by atoms with Gasteiger partial charge < -0.3 is 102 Å². The Labute approximate surface area is 600 Å². The Balaban J connectivity index is 1.50. The number of fused-ring (bicyclic) bond motifs is 1. The zero-order valence-electron chi connectivity index (χ0n) is 60.3. The van der Waals surface area contributed by atoms with Crippen LogP contribution in [0, 0.1) is 17.8 Å². The third kappa shape index (κ3) is 30.1. The van der Waals surface area contributed by atoms with E-state index in [0.717, 1.165) is 10.9 Å². The van der Waals surface area contributed by atoms with E-state index in [1.165, 1.54) is 45.0 Å². The van der Waals surface area contributed by atoms with Crippen molar-refractivity contribution in [2.24, 2.45) is 51.4 Å². The van der Waals surface area contributed by atoms with Gasteiger partial charge in [-0.1, -0.05) is 102 Å². The number of rotatable bonds is 44. The normalized spacial score (nSPS) is 14.8. The monoisotopic (exact) mass is 1440 g/mol. The van der Waals surface area contributed by atoms with Crippen LogP contribution in [0.1, 0.15) is 130 Å². The lowest BCUT2D eigenvalue weighted by Crippen LogP contribution is -2.61. The van der Waals surface area contributed by atoms with Gasteiger partial charge in [-0.05, 0) is 131 Å². The second-order valence-corrected chi connectivity index (χ2v) is 27.1. The summed E-state index contributed by atoms with van der Waals surface area (Å²) in [7, 11) is 0. The van der Waals surface area contributed by atoms with Crippen molar-refractivity contribution in [3.63, 3.8) is 0 Å². The molecule has 4 aromatic rings. The maximum Gasteiger partial charge on any atom is 0.243 e. The summed E-state index contributed by atoms with van der Waals surface area (Å²) in [5.74, 6) is -10.5. The Morgan fingerprint density at radius 3 is 1.40 bits per heavy atom. The Kier molecular flexibility index (Phi) is 35.5. The number of nitrogens with zero attached hydrogens (tertiary/aromatic N) is 1. The van der Waals surface area contributed by atoms with E-state index in [2.05, 4.69) is 68.5 Å². The van der Waals surface area contributed by atoms with Gasteiger partial charge in [-0.25, -0.2) is 0 Å². The molecule has 566 valence electrons. The van der Waals surface area contributed by atoms with Crippen molar-refractivity contribution in [3.8, 4) is 5.75 Å². The van der Waals surface area contributed by atoms with E-state index in [1.54, 1.807) is 50.4 Å². The molecule has 32 heteroatoms. The lowest BCUT2D eigenvalue weighted by atomic mass is 9.98. The molecule has 0 radical (unpaired) electrons. The highest BCUT2D eigenvalue weighted by molar-refractivity contribution is 5.99. The average Bonchev–Trinajstić information content (AvgIpc) is 1.74. The minimum Gasteiger partial charge on any atom is -0.508 e. The number of para-hydroxylation sites is 1. The number of phenols is 1. The number of aliphatic hydroxyl groups excluding tert-OH is 1. The molecular weight excluding hydrogens is 1330 g/mol. The first kappa shape index (κ1) is 85.2. The highest BCUT2D eigenvalue weighted by atomic mass is 16.3. The van der Waals surface area contributed by atoms with Gasteiger partial charge in [0.25, 0.3) is 0 Å². The average molecular weight is 1440 g/mol. The van der Waals surface area contributed by atoms with Crippen LogP contribution in [0.3, 0.4) is 0 Å². The number of unbranched alkanes of at least 4 members (excludes halogenated alkanes) is 1. The van der Waals surface area contributed by atoms with Gasteiger partial charge in [0.05, 0.1) is 12.6 Å². The standard InChI is InChI=1S/C71H108N18O14/c1-38(2)30-53(65(98)80-41(7)61(94)79-37-58(92)82-50(23-17-29-77-71(75)76)63(96)84-52(60(74)93)35-46-36-78-49-21-14-13-20-48(46)49)86-64(97)51(22-15-16-28-72)83-66(99)54(31-39(3)4)87-67(100)55(32-40(5)6)88-69(102)57(33-44-18-11-10-12-19-44)89-68(101)56(34-45-24-26-47(91)27-25-45)85-62(95)42(8)81-70(103)59(73)43(9)90/h10-14,18-21,24-27,36,38-43,50-57,59,78,90-91H,15-17,22-23,28-35,37,72-73H2,1-9H3,(H2,74,93)(H,79,94)(H,80,98)(H,81,103)(H,82,92)(H,83,99)(H,84,96)(H,85,95)(H,86,97)(H,87,100)(H,88,102)(H,89,101)(H4,75,76,77)/t41-,42-,43+,50-,51-,52-,53-,54-,55-,56-,57-,59-/m0/s1. The molecule has 12 amide bonds. The molecule has 0 bridgehead atoms. The summed E-state index contributed by atoms with van der Waals surface area (Å²) in [4.78, 5) is 174. The van der Waals surface area contributed by atoms with Gasteiger partial charge in [0.15, 0.2) is 5.96 Å². The molecule has 0 saturated carbocycles. The number of H-pyrrole nitrogens is 1. The van der Waals surface area contributed by atoms with Gasteiger partial charge in [0, 0.05) is 42.9 Å². The number of amides is 12. The summed E-state index contributed by atoms with van der Waals surface area (Å²) in [5.41, 5.74) is 31.0. The number of aliphatic hydroxyl groups is 1. The number of aromatic nitrogens is 1. The minimum atomic E-state index is -1.39. The van der Waals surface area contributed by atoms with Crippen molar-refractivity contribution >= 4 is 87.7 Å². The number of carbonyl (C=O) groups excluding carboxylic acids is 12. The number of carbonyl (C=O) groups is 12. The number of nitrogens with two attached hydrogens (primary N) is 5. The fourth-order valence-corrected chi connectivity index (χ4v) is 11.0. The smallest absolute Gasteiger partial charge is 0.243 e. The molecule has 0 fully saturated rings. The Bertz CT molecular complexity index is 3510. The predicted octanol–water partition coefficient (Wildman–Crippen LogP) is -1.58. The maximum atomic E-state index is 14.7. The molecule has 0 aliphatic carbocycles. The zero-order valence-corrected chi connectivity index (χ0v) is 60.3. The van der Waals surface area contributed by atoms with Crippen LogP contribution in [0.5, 0.6) is 5.75 Å². The fraction of sp³-hybridized carbons (Fsp3) is 0.535. The van der Waals surface area contributed by atoms with Crippen molar-refractivity contribution in [3.05, 3.63) is 102 Å².